The maximum absolute atomic E-state index is 12.3. The Kier molecular flexibility index (Phi) is 3.27. The topological polar surface area (TPSA) is 57.8 Å². The number of aromatic nitrogens is 2. The Morgan fingerprint density at radius 3 is 2.61 bits per heavy atom. The van der Waals surface area contributed by atoms with Gasteiger partial charge in [0.15, 0.2) is 0 Å². The summed E-state index contributed by atoms with van der Waals surface area (Å²) in [4.78, 5) is 19.9. The summed E-state index contributed by atoms with van der Waals surface area (Å²) in [6.45, 7) is 0.493. The van der Waals surface area contributed by atoms with Crippen LogP contribution in [0.2, 0.25) is 0 Å². The summed E-state index contributed by atoms with van der Waals surface area (Å²) in [5.74, 6) is -0.166. The van der Waals surface area contributed by atoms with Crippen LogP contribution in [0, 0.1) is 0 Å². The van der Waals surface area contributed by atoms with E-state index >= 15 is 0 Å². The van der Waals surface area contributed by atoms with E-state index in [1.54, 1.807) is 6.20 Å². The van der Waals surface area contributed by atoms with Crippen molar-refractivity contribution in [2.45, 2.75) is 6.54 Å². The van der Waals surface area contributed by atoms with Crippen molar-refractivity contribution < 1.29 is 4.79 Å². The van der Waals surface area contributed by atoms with E-state index in [4.69, 9.17) is 0 Å². The number of hydrogen-bond donors (Lipinski definition) is 2. The molecule has 1 amide bonds. The molecule has 0 fully saturated rings. The van der Waals surface area contributed by atoms with Gasteiger partial charge in [-0.25, -0.2) is 4.98 Å². The Hall–Kier alpha value is -3.14. The van der Waals surface area contributed by atoms with Gasteiger partial charge >= 0.3 is 0 Å². The second kappa shape index (κ2) is 5.57. The number of fused-ring (bicyclic) bond motifs is 3. The lowest BCUT2D eigenvalue weighted by Crippen LogP contribution is -2.23. The first-order chi connectivity index (χ1) is 11.3. The number of carbonyl (C=O) groups excluding carboxylic acids is 1. The average molecular weight is 301 g/mol. The summed E-state index contributed by atoms with van der Waals surface area (Å²) >= 11 is 0. The van der Waals surface area contributed by atoms with Crippen molar-refractivity contribution in [1.29, 1.82) is 0 Å². The van der Waals surface area contributed by atoms with Crippen LogP contribution in [0.15, 0.2) is 66.9 Å². The number of benzene rings is 2. The zero-order valence-corrected chi connectivity index (χ0v) is 12.4. The molecule has 4 nitrogen and oxygen atoms in total. The van der Waals surface area contributed by atoms with E-state index in [1.807, 2.05) is 60.7 Å². The smallest absolute Gasteiger partial charge is 0.270 e. The Morgan fingerprint density at radius 2 is 1.74 bits per heavy atom. The standard InChI is InChI=1S/C19H15N3O/c23-19(21-11-13-6-2-1-3-7-13)17-10-15-14-8-4-5-9-16(14)22-18(15)12-20-17/h1-10,12,22H,11H2,(H,21,23). The number of hydrogen-bond acceptors (Lipinski definition) is 2. The van der Waals surface area contributed by atoms with Gasteiger partial charge in [0.1, 0.15) is 5.69 Å². The second-order valence-corrected chi connectivity index (χ2v) is 5.45. The Morgan fingerprint density at radius 1 is 0.957 bits per heavy atom. The minimum absolute atomic E-state index is 0.166. The molecular formula is C19H15N3O. The molecule has 2 N–H and O–H groups in total. The fourth-order valence-electron chi connectivity index (χ4n) is 2.74. The Bertz CT molecular complexity index is 989. The van der Waals surface area contributed by atoms with Crippen LogP contribution in [0.4, 0.5) is 0 Å². The van der Waals surface area contributed by atoms with Gasteiger partial charge in [0.05, 0.1) is 11.7 Å². The summed E-state index contributed by atoms with van der Waals surface area (Å²) in [6.07, 6.45) is 1.72. The molecule has 0 unspecified atom stereocenters. The van der Waals surface area contributed by atoms with Crippen molar-refractivity contribution in [3.05, 3.63) is 78.1 Å². The molecule has 0 bridgehead atoms. The number of H-pyrrole nitrogens is 1. The molecule has 2 aromatic carbocycles. The highest BCUT2D eigenvalue weighted by atomic mass is 16.1. The summed E-state index contributed by atoms with van der Waals surface area (Å²) in [5.41, 5.74) is 3.48. The lowest BCUT2D eigenvalue weighted by Gasteiger charge is -2.05. The van der Waals surface area contributed by atoms with Crippen molar-refractivity contribution in [1.82, 2.24) is 15.3 Å². The molecule has 4 heteroatoms. The maximum Gasteiger partial charge on any atom is 0.270 e. The first-order valence-corrected chi connectivity index (χ1v) is 7.50. The van der Waals surface area contributed by atoms with Crippen molar-refractivity contribution >= 4 is 27.7 Å². The van der Waals surface area contributed by atoms with E-state index in [2.05, 4.69) is 15.3 Å². The van der Waals surface area contributed by atoms with E-state index in [0.717, 1.165) is 27.4 Å². The zero-order chi connectivity index (χ0) is 15.6. The van der Waals surface area contributed by atoms with Gasteiger partial charge in [-0.3, -0.25) is 4.79 Å². The minimum atomic E-state index is -0.166. The normalized spacial score (nSPS) is 11.0. The molecule has 0 aliphatic carbocycles. The van der Waals surface area contributed by atoms with Crippen molar-refractivity contribution in [3.63, 3.8) is 0 Å². The van der Waals surface area contributed by atoms with Gasteiger partial charge in [0, 0.05) is 22.8 Å². The van der Waals surface area contributed by atoms with Crippen molar-refractivity contribution in [2.24, 2.45) is 0 Å². The molecule has 112 valence electrons. The van der Waals surface area contributed by atoms with Crippen LogP contribution in [0.1, 0.15) is 16.1 Å². The zero-order valence-electron chi connectivity index (χ0n) is 12.4. The lowest BCUT2D eigenvalue weighted by atomic mass is 10.1. The first kappa shape index (κ1) is 13.5. The van der Waals surface area contributed by atoms with Gasteiger partial charge in [-0.1, -0.05) is 48.5 Å². The molecule has 4 aromatic rings. The van der Waals surface area contributed by atoms with Crippen LogP contribution in [0.3, 0.4) is 0 Å². The third kappa shape index (κ3) is 2.55. The number of amides is 1. The van der Waals surface area contributed by atoms with Gasteiger partial charge in [0.25, 0.3) is 5.91 Å². The molecule has 2 aromatic heterocycles. The van der Waals surface area contributed by atoms with E-state index in [1.165, 1.54) is 0 Å². The van der Waals surface area contributed by atoms with Crippen molar-refractivity contribution in [2.75, 3.05) is 0 Å². The number of para-hydroxylation sites is 1. The summed E-state index contributed by atoms with van der Waals surface area (Å²) in [5, 5.41) is 5.02. The van der Waals surface area contributed by atoms with Crippen LogP contribution >= 0.6 is 0 Å². The Balaban J connectivity index is 1.63. The highest BCUT2D eigenvalue weighted by molar-refractivity contribution is 6.09. The maximum atomic E-state index is 12.3. The number of aromatic amines is 1. The van der Waals surface area contributed by atoms with Gasteiger partial charge in [0.2, 0.25) is 0 Å². The predicted molar refractivity (Wildman–Crippen MR) is 91.2 cm³/mol. The quantitative estimate of drug-likeness (QED) is 0.607. The molecule has 0 spiro atoms. The molecule has 0 radical (unpaired) electrons. The fraction of sp³-hybridized carbons (Fsp3) is 0.0526. The summed E-state index contributed by atoms with van der Waals surface area (Å²) < 4.78 is 0. The van der Waals surface area contributed by atoms with E-state index < -0.39 is 0 Å². The van der Waals surface area contributed by atoms with Gasteiger partial charge < -0.3 is 10.3 Å². The first-order valence-electron chi connectivity index (χ1n) is 7.50. The number of pyridine rings is 1. The van der Waals surface area contributed by atoms with Gasteiger partial charge in [-0.05, 0) is 17.7 Å². The van der Waals surface area contributed by atoms with Crippen LogP contribution in [0.25, 0.3) is 21.8 Å². The number of rotatable bonds is 3. The highest BCUT2D eigenvalue weighted by Gasteiger charge is 2.10. The highest BCUT2D eigenvalue weighted by Crippen LogP contribution is 2.24. The third-order valence-electron chi connectivity index (χ3n) is 3.92. The number of carbonyl (C=O) groups is 1. The van der Waals surface area contributed by atoms with E-state index in [0.29, 0.717) is 12.2 Å². The van der Waals surface area contributed by atoms with Gasteiger partial charge in [-0.15, -0.1) is 0 Å². The molecule has 4 rings (SSSR count). The minimum Gasteiger partial charge on any atom is -0.353 e. The van der Waals surface area contributed by atoms with E-state index in [-0.39, 0.29) is 5.91 Å². The predicted octanol–water partition coefficient (Wildman–Crippen LogP) is 3.65. The third-order valence-corrected chi connectivity index (χ3v) is 3.92. The van der Waals surface area contributed by atoms with E-state index in [9.17, 15) is 4.79 Å². The number of nitrogens with one attached hydrogen (secondary N) is 2. The van der Waals surface area contributed by atoms with Crippen LogP contribution in [-0.2, 0) is 6.54 Å². The molecule has 0 atom stereocenters. The van der Waals surface area contributed by atoms with Gasteiger partial charge in [-0.2, -0.15) is 0 Å². The van der Waals surface area contributed by atoms with Crippen LogP contribution < -0.4 is 5.32 Å². The van der Waals surface area contributed by atoms with Crippen molar-refractivity contribution in [3.8, 4) is 0 Å². The average Bonchev–Trinajstić information content (AvgIpc) is 2.98. The molecule has 0 aliphatic heterocycles. The van der Waals surface area contributed by atoms with Crippen LogP contribution in [-0.4, -0.2) is 15.9 Å². The molecule has 23 heavy (non-hydrogen) atoms. The summed E-state index contributed by atoms with van der Waals surface area (Å²) in [7, 11) is 0. The summed E-state index contributed by atoms with van der Waals surface area (Å²) in [6, 6.07) is 19.7. The SMILES string of the molecule is O=C(NCc1ccccc1)c1cc2c(cn1)[nH]c1ccccc12. The van der Waals surface area contributed by atoms with Crippen LogP contribution in [0.5, 0.6) is 0 Å². The fourth-order valence-corrected chi connectivity index (χ4v) is 2.74. The molecule has 0 saturated heterocycles. The molecular weight excluding hydrogens is 286 g/mol. The monoisotopic (exact) mass is 301 g/mol. The number of nitrogens with zero attached hydrogens (tertiary/aromatic N) is 1. The molecule has 0 saturated carbocycles. The molecule has 2 heterocycles. The second-order valence-electron chi connectivity index (χ2n) is 5.45. The molecule has 0 aliphatic rings. The Labute approximate surface area is 133 Å². The largest absolute Gasteiger partial charge is 0.353 e. The lowest BCUT2D eigenvalue weighted by molar-refractivity contribution is 0.0946.